The fourth-order valence-corrected chi connectivity index (χ4v) is 7.36. The molecule has 0 bridgehead atoms. The molecule has 6 heteroatoms. The minimum atomic E-state index is -4.66. The second-order valence-electron chi connectivity index (χ2n) is 30.0. The Labute approximate surface area is 533 Å². The number of alkyl halides is 6. The van der Waals surface area contributed by atoms with Crippen LogP contribution in [0.4, 0.5) is 26.3 Å². The maximum Gasteiger partial charge on any atom is 0.321 e. The molecule has 0 radical (unpaired) electrons. The van der Waals surface area contributed by atoms with E-state index >= 15 is 0 Å². The molecule has 0 spiro atoms. The van der Waals surface area contributed by atoms with Gasteiger partial charge >= 0.3 is 11.8 Å². The molecular formula is C78H170F6. The molecule has 6 aliphatic rings. The van der Waals surface area contributed by atoms with E-state index in [-0.39, 0.29) is 6.42 Å². The van der Waals surface area contributed by atoms with Crippen molar-refractivity contribution in [1.29, 1.82) is 0 Å². The predicted octanol–water partition coefficient (Wildman–Crippen LogP) is 31.8. The Hall–Kier alpha value is -0.420. The van der Waals surface area contributed by atoms with Gasteiger partial charge < -0.3 is 0 Å². The molecule has 0 nitrogen and oxygen atoms in total. The summed E-state index contributed by atoms with van der Waals surface area (Å²) in [6.07, 6.45) is 30.3. The Morgan fingerprint density at radius 2 is 0.655 bits per heavy atom. The number of hydrogen-bond acceptors (Lipinski definition) is 0. The van der Waals surface area contributed by atoms with Crippen molar-refractivity contribution in [1.82, 2.24) is 0 Å². The van der Waals surface area contributed by atoms with Crippen LogP contribution in [0.25, 0.3) is 0 Å². The van der Waals surface area contributed by atoms with Crippen LogP contribution in [0.15, 0.2) is 0 Å². The van der Waals surface area contributed by atoms with Crippen molar-refractivity contribution in [2.45, 2.75) is 434 Å². The molecule has 6 rings (SSSR count). The van der Waals surface area contributed by atoms with Crippen molar-refractivity contribution < 1.29 is 26.3 Å². The molecule has 524 valence electrons. The Balaban J connectivity index is -0.0000000900. The molecule has 84 heavy (non-hydrogen) atoms. The fraction of sp³-hybridized carbons (Fsp3) is 1.00. The molecule has 0 aromatic rings. The molecule has 6 fully saturated rings. The van der Waals surface area contributed by atoms with Crippen molar-refractivity contribution in [2.24, 2.45) is 74.9 Å². The molecule has 0 aromatic carbocycles. The van der Waals surface area contributed by atoms with E-state index in [2.05, 4.69) is 180 Å². The molecule has 1 unspecified atom stereocenters. The lowest BCUT2D eigenvalue weighted by molar-refractivity contribution is -0.327. The summed E-state index contributed by atoms with van der Waals surface area (Å²) in [5, 5.41) is 0. The van der Waals surface area contributed by atoms with Gasteiger partial charge in [0.25, 0.3) is 0 Å². The van der Waals surface area contributed by atoms with Crippen molar-refractivity contribution in [3.05, 3.63) is 0 Å². The zero-order chi connectivity index (χ0) is 69.2. The Kier molecular flexibility index (Phi) is 82.1. The third kappa shape index (κ3) is 79.6. The molecule has 0 N–H and O–H groups in total. The van der Waals surface area contributed by atoms with Crippen LogP contribution >= 0.6 is 0 Å². The van der Waals surface area contributed by atoms with Crippen molar-refractivity contribution >= 4 is 0 Å². The molecular weight excluding hydrogens is 1050 g/mol. The van der Waals surface area contributed by atoms with Crippen LogP contribution in [-0.4, -0.2) is 18.3 Å². The van der Waals surface area contributed by atoms with Crippen molar-refractivity contribution in [3.8, 4) is 0 Å². The zero-order valence-corrected chi connectivity index (χ0v) is 65.4. The Morgan fingerprint density at radius 1 is 0.417 bits per heavy atom. The van der Waals surface area contributed by atoms with Crippen LogP contribution in [0, 0.1) is 74.9 Å². The molecule has 0 amide bonds. The summed E-state index contributed by atoms with van der Waals surface area (Å²) in [7, 11) is 0. The summed E-state index contributed by atoms with van der Waals surface area (Å²) in [6, 6.07) is 0. The minimum Gasteiger partial charge on any atom is -0.210 e. The van der Waals surface area contributed by atoms with Gasteiger partial charge in [-0.3, -0.25) is 0 Å². The lowest BCUT2D eigenvalue weighted by Crippen LogP contribution is -2.61. The molecule has 0 aliphatic heterocycles. The first kappa shape index (κ1) is 105. The topological polar surface area (TPSA) is 0 Å². The summed E-state index contributed by atoms with van der Waals surface area (Å²) >= 11 is 0. The monoisotopic (exact) mass is 1220 g/mol. The molecule has 0 saturated heterocycles. The highest BCUT2D eigenvalue weighted by Gasteiger charge is 2.73. The van der Waals surface area contributed by atoms with Gasteiger partial charge in [0.2, 0.25) is 6.43 Å². The highest BCUT2D eigenvalue weighted by atomic mass is 19.3. The quantitative estimate of drug-likeness (QED) is 0.246. The third-order valence-corrected chi connectivity index (χ3v) is 15.1. The second kappa shape index (κ2) is 65.5. The first-order valence-corrected chi connectivity index (χ1v) is 36.6. The van der Waals surface area contributed by atoms with Gasteiger partial charge in [-0.1, -0.05) is 384 Å². The van der Waals surface area contributed by atoms with Gasteiger partial charge in [-0.05, 0) is 96.2 Å². The molecule has 6 aliphatic carbocycles. The van der Waals surface area contributed by atoms with E-state index in [1.807, 2.05) is 55.4 Å². The van der Waals surface area contributed by atoms with Crippen molar-refractivity contribution in [2.75, 3.05) is 0 Å². The van der Waals surface area contributed by atoms with Crippen LogP contribution in [-0.2, 0) is 0 Å². The lowest BCUT2D eigenvalue weighted by atomic mass is 9.67. The van der Waals surface area contributed by atoms with Gasteiger partial charge in [0.05, 0.1) is 5.41 Å². The van der Waals surface area contributed by atoms with E-state index in [0.29, 0.717) is 23.2 Å². The number of halogens is 6. The summed E-state index contributed by atoms with van der Waals surface area (Å²) in [5.41, 5.74) is -1.23. The molecule has 6 saturated carbocycles. The lowest BCUT2D eigenvalue weighted by Gasteiger charge is -2.47. The summed E-state index contributed by atoms with van der Waals surface area (Å²) in [6.45, 7) is 75.6. The average Bonchev–Trinajstić information content (AvgIpc) is 3.75. The first-order chi connectivity index (χ1) is 38.5. The largest absolute Gasteiger partial charge is 0.321 e. The smallest absolute Gasteiger partial charge is 0.210 e. The van der Waals surface area contributed by atoms with E-state index < -0.39 is 36.0 Å². The highest BCUT2D eigenvalue weighted by Crippen LogP contribution is 2.60. The number of hydrogen-bond donors (Lipinski definition) is 0. The van der Waals surface area contributed by atoms with Gasteiger partial charge in [-0.2, -0.15) is 17.6 Å². The second-order valence-corrected chi connectivity index (χ2v) is 30.0. The summed E-state index contributed by atoms with van der Waals surface area (Å²) in [5.74, 6) is -2.73. The third-order valence-electron chi connectivity index (χ3n) is 15.1. The van der Waals surface area contributed by atoms with E-state index in [1.54, 1.807) is 0 Å². The van der Waals surface area contributed by atoms with Crippen LogP contribution in [0.3, 0.4) is 0 Å². The van der Waals surface area contributed by atoms with Gasteiger partial charge in [0.15, 0.2) is 0 Å². The van der Waals surface area contributed by atoms with E-state index in [1.165, 1.54) is 154 Å². The first-order valence-electron chi connectivity index (χ1n) is 36.6. The Bertz CT molecular complexity index is 1140. The maximum absolute atomic E-state index is 13.3. The van der Waals surface area contributed by atoms with Crippen LogP contribution in [0.2, 0.25) is 0 Å². The van der Waals surface area contributed by atoms with Crippen LogP contribution < -0.4 is 0 Å². The normalized spacial score (nSPS) is 20.9. The van der Waals surface area contributed by atoms with Gasteiger partial charge in [0, 0.05) is 5.92 Å². The average molecular weight is 1220 g/mol. The van der Waals surface area contributed by atoms with E-state index in [4.69, 9.17) is 0 Å². The molecule has 0 aromatic heterocycles. The van der Waals surface area contributed by atoms with E-state index in [0.717, 1.165) is 54.3 Å². The Morgan fingerprint density at radius 3 is 0.810 bits per heavy atom. The van der Waals surface area contributed by atoms with Gasteiger partial charge in [-0.25, -0.2) is 8.78 Å². The minimum absolute atomic E-state index is 0.316. The van der Waals surface area contributed by atoms with E-state index in [9.17, 15) is 26.3 Å². The van der Waals surface area contributed by atoms with Crippen LogP contribution in [0.1, 0.15) is 416 Å². The molecule has 0 heterocycles. The van der Waals surface area contributed by atoms with Gasteiger partial charge in [0.1, 0.15) is 0 Å². The SMILES string of the molecule is CC.CC.CC.CC.CC(C)(C)C.CC(C)C.CC1CC1.CC1CCC(C)(C)CC1.CC1CCCC1.CC1CCCCC1.CCC.CCC(C)(C)C.CCC(C)C.CCC(C)C.CCC1CCCC1.C[C@@H]1CCC(C)(C(F)F)C(F)(F)C1(F)F. The van der Waals surface area contributed by atoms with Crippen molar-refractivity contribution in [3.63, 3.8) is 0 Å². The molecule has 2 atom stereocenters. The predicted molar refractivity (Wildman–Crippen MR) is 381 cm³/mol. The standard InChI is InChI=1S/C9H12F6.C9H18.2C7H14.C6H12.C6H14.3C5H12.C4H8.C4H10.C3H8.4C2H6/c1-5-3-4-7(2,6(10)11)9(14,15)8(5,12)13;1-8-4-6-9(2,3)7-5-8;1-7-5-3-2-4-6-7;1-2-7-5-3-4-6-7;1-6-4-2-3-5-6;1-5-6(2,3)4;1-5(2,3)4;2*1-4-5(2)3;1-4-2-3-4;1-4(2)3;1-3-2;4*1-2/h5-6H,3-4H2,1-2H3;8H,4-7H2,1-3H3;2*7H,2-6H2,1H3;6H,2-5H2,1H3;5H2,1-4H3;1-4H3;2*5H,4H2,1-3H3;4H,2-3H2,1H3;4H,1-3H3;3H2,1-2H3;4*1-2H3/t5-,7?;;;;;;;;;;;;;;;/m1.............../s1. The highest BCUT2D eigenvalue weighted by molar-refractivity contribution is 5.06. The summed E-state index contributed by atoms with van der Waals surface area (Å²) in [4.78, 5) is 0. The fourth-order valence-electron chi connectivity index (χ4n) is 7.36. The number of rotatable bonds is 4. The van der Waals surface area contributed by atoms with Gasteiger partial charge in [-0.15, -0.1) is 0 Å². The van der Waals surface area contributed by atoms with Crippen LogP contribution in [0.5, 0.6) is 0 Å². The maximum atomic E-state index is 13.3. The summed E-state index contributed by atoms with van der Waals surface area (Å²) < 4.78 is 77.8. The zero-order valence-electron chi connectivity index (χ0n) is 65.4.